The molecule has 3 aromatic rings. The molecule has 160 valence electrons. The minimum absolute atomic E-state index is 0.0835. The Morgan fingerprint density at radius 3 is 1.44 bits per heavy atom. The summed E-state index contributed by atoms with van der Waals surface area (Å²) in [5, 5.41) is 0. The number of hydrogen-bond acceptors (Lipinski definition) is 7. The Morgan fingerprint density at radius 1 is 0.625 bits per heavy atom. The van der Waals surface area contributed by atoms with Crippen LogP contribution in [0.25, 0.3) is 0 Å². The number of aliphatic imine (C=N–C) groups is 3. The van der Waals surface area contributed by atoms with E-state index in [1.54, 1.807) is 48.5 Å². The summed E-state index contributed by atoms with van der Waals surface area (Å²) in [6.45, 7) is 1.92. The molecule has 4 rings (SSSR count). The van der Waals surface area contributed by atoms with Crippen LogP contribution in [0.2, 0.25) is 0 Å². The third kappa shape index (κ3) is 4.73. The molecule has 1 unspecified atom stereocenters. The molecule has 6 N–H and O–H groups in total. The summed E-state index contributed by atoms with van der Waals surface area (Å²) in [6, 6.07) is 21.5. The fourth-order valence-corrected chi connectivity index (χ4v) is 3.45. The van der Waals surface area contributed by atoms with Gasteiger partial charge in [-0.2, -0.15) is 0 Å². The second-order valence-electron chi connectivity index (χ2n) is 7.65. The molecule has 1 atom stereocenters. The highest BCUT2D eigenvalue weighted by Gasteiger charge is 2.34. The van der Waals surface area contributed by atoms with Gasteiger partial charge in [-0.3, -0.25) is 14.8 Å². The molecule has 3 aromatic carbocycles. The van der Waals surface area contributed by atoms with Gasteiger partial charge >= 0.3 is 0 Å². The number of carbonyl (C=O) groups excluding carboxylic acids is 1. The molecule has 1 fully saturated rings. The Morgan fingerprint density at radius 2 is 1.00 bits per heavy atom. The molecule has 0 radical (unpaired) electrons. The lowest BCUT2D eigenvalue weighted by Crippen LogP contribution is -2.40. The summed E-state index contributed by atoms with van der Waals surface area (Å²) in [6.07, 6.45) is 0.107. The number of benzene rings is 3. The number of nitrogens with zero attached hydrogens (tertiary/aromatic N) is 3. The summed E-state index contributed by atoms with van der Waals surface area (Å²) in [5.74, 6) is -0.432. The smallest absolute Gasteiger partial charge is 0.183 e. The van der Waals surface area contributed by atoms with Gasteiger partial charge in [-0.1, -0.05) is 6.92 Å². The molecule has 0 amide bonds. The van der Waals surface area contributed by atoms with E-state index in [-0.39, 0.29) is 18.1 Å². The molecule has 1 aliphatic carbocycles. The standard InChI is InChI=1S/C25H24N6O/c1-15-24(30-20-10-4-17(27)5-11-20)22(29-19-8-2-16(26)3-9-19)14-23(32)25(15)31-21-12-6-18(28)7-13-21/h2-13,15H,14,26-28H2,1H3. The molecule has 7 heteroatoms. The normalized spacial score (nSPS) is 20.2. The summed E-state index contributed by atoms with van der Waals surface area (Å²) >= 11 is 0. The molecule has 0 spiro atoms. The maximum atomic E-state index is 13.0. The van der Waals surface area contributed by atoms with Crippen molar-refractivity contribution >= 4 is 57.0 Å². The molecule has 0 saturated heterocycles. The molecule has 0 heterocycles. The summed E-state index contributed by atoms with van der Waals surface area (Å²) < 4.78 is 0. The van der Waals surface area contributed by atoms with Crippen LogP contribution in [0.15, 0.2) is 87.8 Å². The number of ketones is 1. The number of nitrogens with two attached hydrogens (primary N) is 3. The molecule has 1 saturated carbocycles. The van der Waals surface area contributed by atoms with E-state index < -0.39 is 0 Å². The van der Waals surface area contributed by atoms with Crippen LogP contribution in [0.3, 0.4) is 0 Å². The van der Waals surface area contributed by atoms with Gasteiger partial charge in [0.2, 0.25) is 0 Å². The zero-order chi connectivity index (χ0) is 22.7. The van der Waals surface area contributed by atoms with Crippen molar-refractivity contribution < 1.29 is 4.79 Å². The minimum atomic E-state index is -0.348. The molecule has 0 aromatic heterocycles. The van der Waals surface area contributed by atoms with Gasteiger partial charge in [0.05, 0.1) is 40.6 Å². The highest BCUT2D eigenvalue weighted by molar-refractivity contribution is 6.63. The van der Waals surface area contributed by atoms with Gasteiger partial charge in [-0.15, -0.1) is 0 Å². The van der Waals surface area contributed by atoms with E-state index in [4.69, 9.17) is 27.2 Å². The summed E-state index contributed by atoms with van der Waals surface area (Å²) in [7, 11) is 0. The van der Waals surface area contributed by atoms with Crippen molar-refractivity contribution in [3.05, 3.63) is 72.8 Å². The number of hydrogen-bond donors (Lipinski definition) is 3. The van der Waals surface area contributed by atoms with Crippen molar-refractivity contribution in [2.24, 2.45) is 20.9 Å². The van der Waals surface area contributed by atoms with Crippen LogP contribution in [0.4, 0.5) is 34.1 Å². The maximum Gasteiger partial charge on any atom is 0.183 e. The second-order valence-corrected chi connectivity index (χ2v) is 7.65. The van der Waals surface area contributed by atoms with Gasteiger partial charge < -0.3 is 17.2 Å². The Hall–Kier alpha value is -4.26. The van der Waals surface area contributed by atoms with Gasteiger partial charge in [0.25, 0.3) is 0 Å². The van der Waals surface area contributed by atoms with E-state index in [1.165, 1.54) is 0 Å². The van der Waals surface area contributed by atoms with Crippen molar-refractivity contribution in [2.75, 3.05) is 17.2 Å². The third-order valence-electron chi connectivity index (χ3n) is 5.17. The molecular formula is C25H24N6O. The van der Waals surface area contributed by atoms with Gasteiger partial charge in [-0.25, -0.2) is 4.99 Å². The largest absolute Gasteiger partial charge is 0.399 e. The average Bonchev–Trinajstić information content (AvgIpc) is 2.78. The third-order valence-corrected chi connectivity index (χ3v) is 5.17. The van der Waals surface area contributed by atoms with Gasteiger partial charge in [0.15, 0.2) is 5.78 Å². The quantitative estimate of drug-likeness (QED) is 0.527. The fraction of sp³-hybridized carbons (Fsp3) is 0.120. The predicted octanol–water partition coefficient (Wildman–Crippen LogP) is 4.66. The fourth-order valence-electron chi connectivity index (χ4n) is 3.45. The van der Waals surface area contributed by atoms with E-state index in [1.807, 2.05) is 31.2 Å². The van der Waals surface area contributed by atoms with Crippen molar-refractivity contribution in [1.82, 2.24) is 0 Å². The van der Waals surface area contributed by atoms with Gasteiger partial charge in [0.1, 0.15) is 0 Å². The molecule has 0 aliphatic heterocycles. The van der Waals surface area contributed by atoms with E-state index in [2.05, 4.69) is 4.99 Å². The van der Waals surface area contributed by atoms with Gasteiger partial charge in [0, 0.05) is 23.0 Å². The number of Topliss-reactive ketones (excluding diaryl/α,β-unsaturated/α-hetero) is 1. The monoisotopic (exact) mass is 424 g/mol. The molecule has 0 bridgehead atoms. The Labute approximate surface area is 186 Å². The van der Waals surface area contributed by atoms with Crippen LogP contribution in [-0.4, -0.2) is 22.9 Å². The predicted molar refractivity (Wildman–Crippen MR) is 133 cm³/mol. The van der Waals surface area contributed by atoms with Crippen molar-refractivity contribution in [3.63, 3.8) is 0 Å². The number of carbonyl (C=O) groups is 1. The maximum absolute atomic E-state index is 13.0. The van der Waals surface area contributed by atoms with Crippen molar-refractivity contribution in [1.29, 1.82) is 0 Å². The van der Waals surface area contributed by atoms with Crippen molar-refractivity contribution in [2.45, 2.75) is 13.3 Å². The molecule has 1 aliphatic rings. The number of nitrogen functional groups attached to an aromatic ring is 3. The zero-order valence-electron chi connectivity index (χ0n) is 17.7. The Kier molecular flexibility index (Phi) is 5.81. The van der Waals surface area contributed by atoms with Crippen LogP contribution in [0.5, 0.6) is 0 Å². The number of anilines is 3. The lowest BCUT2D eigenvalue weighted by molar-refractivity contribution is -0.112. The van der Waals surface area contributed by atoms with Crippen LogP contribution >= 0.6 is 0 Å². The zero-order valence-corrected chi connectivity index (χ0v) is 17.7. The minimum Gasteiger partial charge on any atom is -0.399 e. The Balaban J connectivity index is 1.79. The SMILES string of the molecule is CC1C(=Nc2ccc(N)cc2)C(=O)CC(=Nc2ccc(N)cc2)C1=Nc1ccc(N)cc1. The number of rotatable bonds is 3. The topological polar surface area (TPSA) is 132 Å². The highest BCUT2D eigenvalue weighted by atomic mass is 16.1. The lowest BCUT2D eigenvalue weighted by atomic mass is 9.83. The second kappa shape index (κ2) is 8.85. The molecule has 7 nitrogen and oxygen atoms in total. The van der Waals surface area contributed by atoms with Crippen molar-refractivity contribution in [3.8, 4) is 0 Å². The van der Waals surface area contributed by atoms with Crippen LogP contribution < -0.4 is 17.2 Å². The first-order valence-corrected chi connectivity index (χ1v) is 10.2. The van der Waals surface area contributed by atoms with Crippen LogP contribution in [0.1, 0.15) is 13.3 Å². The molecular weight excluding hydrogens is 400 g/mol. The first-order chi connectivity index (χ1) is 15.4. The first kappa shape index (κ1) is 21.0. The molecule has 32 heavy (non-hydrogen) atoms. The van der Waals surface area contributed by atoms with Crippen LogP contribution in [-0.2, 0) is 4.79 Å². The van der Waals surface area contributed by atoms with E-state index in [0.717, 1.165) is 5.69 Å². The van der Waals surface area contributed by atoms with E-state index in [0.29, 0.717) is 45.6 Å². The highest BCUT2D eigenvalue weighted by Crippen LogP contribution is 2.26. The Bertz CT molecular complexity index is 1220. The lowest BCUT2D eigenvalue weighted by Gasteiger charge is -2.24. The van der Waals surface area contributed by atoms with Crippen LogP contribution in [0, 0.1) is 5.92 Å². The van der Waals surface area contributed by atoms with E-state index in [9.17, 15) is 4.79 Å². The summed E-state index contributed by atoms with van der Waals surface area (Å²) in [4.78, 5) is 27.2. The summed E-state index contributed by atoms with van der Waals surface area (Å²) in [5.41, 5.74) is 23.2. The van der Waals surface area contributed by atoms with E-state index >= 15 is 0 Å². The van der Waals surface area contributed by atoms with Gasteiger partial charge in [-0.05, 0) is 72.8 Å². The average molecular weight is 425 g/mol. The first-order valence-electron chi connectivity index (χ1n) is 10.2.